The smallest absolute Gasteiger partial charge is 0.665 e. The Labute approximate surface area is 135 Å². The van der Waals surface area contributed by atoms with Crippen LogP contribution in [0.4, 0.5) is 0 Å². The molecule has 0 spiro atoms. The first kappa shape index (κ1) is 31.2. The van der Waals surface area contributed by atoms with Gasteiger partial charge >= 0.3 is 26.2 Å². The van der Waals surface area contributed by atoms with Crippen LogP contribution in [0.25, 0.3) is 16.0 Å². The van der Waals surface area contributed by atoms with E-state index in [9.17, 15) is 0 Å². The van der Waals surface area contributed by atoms with E-state index >= 15 is 0 Å². The maximum absolute atomic E-state index is 8.52. The van der Waals surface area contributed by atoms with E-state index in [1.807, 2.05) is 20.8 Å². The second kappa shape index (κ2) is 30.6. The third-order valence-electron chi connectivity index (χ3n) is 0.949. The fourth-order valence-corrected chi connectivity index (χ4v) is 0. The maximum atomic E-state index is 8.52. The Morgan fingerprint density at radius 3 is 0.778 bits per heavy atom. The molecule has 0 bridgehead atoms. The van der Waals surface area contributed by atoms with Gasteiger partial charge in [-0.3, -0.25) is 0 Å². The Morgan fingerprint density at radius 2 is 0.778 bits per heavy atom. The number of hydrogen-bond donors (Lipinski definition) is 1. The van der Waals surface area contributed by atoms with Crippen LogP contribution in [0.3, 0.4) is 0 Å². The fourth-order valence-electron chi connectivity index (χ4n) is 0. The van der Waals surface area contributed by atoms with Gasteiger partial charge in [0.15, 0.2) is 0 Å². The molecule has 0 saturated carbocycles. The summed E-state index contributed by atoms with van der Waals surface area (Å²) in [5.41, 5.74) is -0.500. The van der Waals surface area contributed by atoms with Gasteiger partial charge in [0, 0.05) is 0 Å². The molecule has 0 fully saturated rings. The summed E-state index contributed by atoms with van der Waals surface area (Å²) in [5.74, 6) is 0. The maximum Gasteiger partial charge on any atom is 3.00 e. The first-order valence-electron chi connectivity index (χ1n) is 6.14. The summed E-state index contributed by atoms with van der Waals surface area (Å²) in [4.78, 5) is 0. The summed E-state index contributed by atoms with van der Waals surface area (Å²) in [5, 5.41) is 19.7. The molecule has 111 valence electrons. The zero-order valence-electron chi connectivity index (χ0n) is 13.9. The molecular weight excluding hydrogens is 305 g/mol. The van der Waals surface area contributed by atoms with Crippen LogP contribution in [0.5, 0.6) is 0 Å². The number of rotatable bonds is 3. The number of aliphatic hydroxyl groups is 1. The molecule has 0 amide bonds. The van der Waals surface area contributed by atoms with Gasteiger partial charge in [-0.2, -0.15) is 40.8 Å². The molecule has 1 radical (unpaired) electrons. The SMILES string of the molecule is CC(C)(C)O.CC[N-]C.CC[N-]C.CC[N-]C.[Zr+3]. The van der Waals surface area contributed by atoms with Crippen molar-refractivity contribution in [3.63, 3.8) is 0 Å². The minimum atomic E-state index is -0.500. The molecule has 5 heteroatoms. The Bertz CT molecular complexity index is 77.2. The van der Waals surface area contributed by atoms with Gasteiger partial charge in [0.05, 0.1) is 5.60 Å². The van der Waals surface area contributed by atoms with E-state index in [0.29, 0.717) is 0 Å². The van der Waals surface area contributed by atoms with E-state index in [1.165, 1.54) is 0 Å². The van der Waals surface area contributed by atoms with Gasteiger partial charge in [-0.15, -0.1) is 0 Å². The van der Waals surface area contributed by atoms with Crippen LogP contribution in [-0.2, 0) is 26.2 Å². The summed E-state index contributed by atoms with van der Waals surface area (Å²) in [7, 11) is 5.42. The van der Waals surface area contributed by atoms with Gasteiger partial charge in [-0.25, -0.2) is 0 Å². The van der Waals surface area contributed by atoms with Crippen molar-refractivity contribution in [1.82, 2.24) is 0 Å². The number of hydrogen-bond acceptors (Lipinski definition) is 1. The van der Waals surface area contributed by atoms with Crippen LogP contribution in [0.15, 0.2) is 0 Å². The molecule has 0 aliphatic rings. The third kappa shape index (κ3) is 298. The zero-order valence-corrected chi connectivity index (χ0v) is 16.4. The topological polar surface area (TPSA) is 62.5 Å². The van der Waals surface area contributed by atoms with Crippen molar-refractivity contribution in [3.05, 3.63) is 16.0 Å². The van der Waals surface area contributed by atoms with Crippen molar-refractivity contribution in [2.45, 2.75) is 47.1 Å². The fraction of sp³-hybridized carbons (Fsp3) is 1.00. The average Bonchev–Trinajstić information content (AvgIpc) is 2.27. The molecule has 0 aliphatic heterocycles. The molecule has 4 nitrogen and oxygen atoms in total. The summed E-state index contributed by atoms with van der Waals surface area (Å²) in [6.07, 6.45) is 0. The Morgan fingerprint density at radius 1 is 0.722 bits per heavy atom. The summed E-state index contributed by atoms with van der Waals surface area (Å²) in [6, 6.07) is 0. The van der Waals surface area contributed by atoms with Crippen LogP contribution in [0.2, 0.25) is 0 Å². The largest absolute Gasteiger partial charge is 3.00 e. The van der Waals surface area contributed by atoms with Crippen LogP contribution in [0.1, 0.15) is 41.5 Å². The van der Waals surface area contributed by atoms with Gasteiger partial charge in [0.2, 0.25) is 0 Å². The van der Waals surface area contributed by atoms with E-state index in [2.05, 4.69) is 16.0 Å². The predicted molar refractivity (Wildman–Crippen MR) is 81.4 cm³/mol. The number of nitrogens with zero attached hydrogens (tertiary/aromatic N) is 3. The van der Waals surface area contributed by atoms with Crippen molar-refractivity contribution in [2.24, 2.45) is 0 Å². The average molecular weight is 340 g/mol. The van der Waals surface area contributed by atoms with Gasteiger partial charge in [0.25, 0.3) is 0 Å². The third-order valence-corrected chi connectivity index (χ3v) is 0.949. The van der Waals surface area contributed by atoms with E-state index in [1.54, 1.807) is 41.9 Å². The van der Waals surface area contributed by atoms with Crippen molar-refractivity contribution in [2.75, 3.05) is 40.8 Å². The van der Waals surface area contributed by atoms with Crippen molar-refractivity contribution < 1.29 is 31.3 Å². The molecule has 0 saturated heterocycles. The van der Waals surface area contributed by atoms with Crippen LogP contribution >= 0.6 is 0 Å². The molecule has 0 unspecified atom stereocenters. The zero-order chi connectivity index (χ0) is 14.7. The van der Waals surface area contributed by atoms with E-state index in [0.717, 1.165) is 19.6 Å². The quantitative estimate of drug-likeness (QED) is 0.835. The van der Waals surface area contributed by atoms with Crippen LogP contribution in [-0.4, -0.2) is 51.5 Å². The van der Waals surface area contributed by atoms with Gasteiger partial charge in [-0.1, -0.05) is 20.8 Å². The monoisotopic (exact) mass is 338 g/mol. The molecule has 0 aromatic carbocycles. The van der Waals surface area contributed by atoms with E-state index in [-0.39, 0.29) is 26.2 Å². The second-order valence-corrected chi connectivity index (χ2v) is 4.07. The van der Waals surface area contributed by atoms with Crippen LogP contribution < -0.4 is 0 Å². The molecule has 0 aromatic heterocycles. The van der Waals surface area contributed by atoms with Gasteiger partial charge < -0.3 is 21.1 Å². The molecule has 0 aromatic rings. The standard InChI is InChI=1S/C4H10O.3C3H8N.Zr/c1-4(2,3)5;3*1-3-4-2;/h5H,1-3H3;3*3H2,1-2H3;/q;3*-1;+3. The summed E-state index contributed by atoms with van der Waals surface area (Å²) in [6.45, 7) is 14.1. The van der Waals surface area contributed by atoms with Crippen molar-refractivity contribution in [1.29, 1.82) is 0 Å². The summed E-state index contributed by atoms with van der Waals surface area (Å²) < 4.78 is 0. The second-order valence-electron chi connectivity index (χ2n) is 4.07. The molecule has 0 heterocycles. The minimum absolute atomic E-state index is 0. The minimum Gasteiger partial charge on any atom is -0.665 e. The predicted octanol–water partition coefficient (Wildman–Crippen LogP) is 3.80. The van der Waals surface area contributed by atoms with Gasteiger partial charge in [-0.05, 0) is 20.8 Å². The Kier molecular flexibility index (Phi) is 53.1. The van der Waals surface area contributed by atoms with Crippen LogP contribution in [0, 0.1) is 0 Å². The van der Waals surface area contributed by atoms with Crippen molar-refractivity contribution in [3.8, 4) is 0 Å². The van der Waals surface area contributed by atoms with E-state index in [4.69, 9.17) is 5.11 Å². The van der Waals surface area contributed by atoms with E-state index < -0.39 is 5.60 Å². The Balaban J connectivity index is -0.0000000412. The molecule has 1 N–H and O–H groups in total. The molecule has 0 rings (SSSR count). The Hall–Kier alpha value is 0.723. The molecular formula is C13H34N3OZr. The molecule has 18 heavy (non-hydrogen) atoms. The molecule has 0 atom stereocenters. The first-order valence-corrected chi connectivity index (χ1v) is 6.14. The molecule has 0 aliphatic carbocycles. The summed E-state index contributed by atoms with van der Waals surface area (Å²) >= 11 is 0. The first-order chi connectivity index (χ1) is 7.74. The van der Waals surface area contributed by atoms with Gasteiger partial charge in [0.1, 0.15) is 0 Å². The normalized spacial score (nSPS) is 8.33. The van der Waals surface area contributed by atoms with Crippen molar-refractivity contribution >= 4 is 0 Å².